The van der Waals surface area contributed by atoms with Crippen LogP contribution in [0.15, 0.2) is 18.2 Å². The van der Waals surface area contributed by atoms with Gasteiger partial charge in [-0.2, -0.15) is 0 Å². The molecule has 19 heavy (non-hydrogen) atoms. The molecule has 3 rings (SSSR count). The molecule has 4 heteroatoms. The lowest BCUT2D eigenvalue weighted by Crippen LogP contribution is -2.32. The summed E-state index contributed by atoms with van der Waals surface area (Å²) in [5.74, 6) is 2.14. The molecule has 2 unspecified atom stereocenters. The Morgan fingerprint density at radius 1 is 1.26 bits per heavy atom. The summed E-state index contributed by atoms with van der Waals surface area (Å²) in [5, 5.41) is 1.10. The van der Waals surface area contributed by atoms with E-state index in [2.05, 4.69) is 0 Å². The highest BCUT2D eigenvalue weighted by atomic mass is 35.5. The van der Waals surface area contributed by atoms with Gasteiger partial charge >= 0.3 is 0 Å². The van der Waals surface area contributed by atoms with Crippen LogP contribution in [0.2, 0.25) is 10.0 Å². The SMILES string of the molecule is CN(Cc1cccc(Cl)c1Cl)C(=O)C1CC2CC2C1. The van der Waals surface area contributed by atoms with E-state index in [0.29, 0.717) is 16.6 Å². The van der Waals surface area contributed by atoms with E-state index in [9.17, 15) is 4.79 Å². The third-order valence-electron chi connectivity index (χ3n) is 4.41. The minimum absolute atomic E-state index is 0.228. The molecule has 1 aromatic rings. The zero-order valence-electron chi connectivity index (χ0n) is 10.9. The summed E-state index contributed by atoms with van der Waals surface area (Å²) in [6, 6.07) is 5.55. The van der Waals surface area contributed by atoms with Crippen molar-refractivity contribution in [3.63, 3.8) is 0 Å². The molecule has 2 nitrogen and oxygen atoms in total. The first-order valence-corrected chi connectivity index (χ1v) is 7.49. The molecule has 0 N–H and O–H groups in total. The van der Waals surface area contributed by atoms with Crippen LogP contribution in [0.5, 0.6) is 0 Å². The summed E-state index contributed by atoms with van der Waals surface area (Å²) in [6.07, 6.45) is 3.50. The average Bonchev–Trinajstić information content (AvgIpc) is 3.00. The molecule has 2 aliphatic carbocycles. The van der Waals surface area contributed by atoms with Gasteiger partial charge in [0.15, 0.2) is 0 Å². The van der Waals surface area contributed by atoms with E-state index in [0.717, 1.165) is 30.2 Å². The molecule has 2 fully saturated rings. The number of hydrogen-bond donors (Lipinski definition) is 0. The fourth-order valence-corrected chi connectivity index (χ4v) is 3.61. The van der Waals surface area contributed by atoms with Gasteiger partial charge < -0.3 is 4.90 Å². The van der Waals surface area contributed by atoms with Crippen LogP contribution in [0.3, 0.4) is 0 Å². The monoisotopic (exact) mass is 297 g/mol. The van der Waals surface area contributed by atoms with E-state index < -0.39 is 0 Å². The van der Waals surface area contributed by atoms with Crippen LogP contribution in [0.1, 0.15) is 24.8 Å². The van der Waals surface area contributed by atoms with Crippen molar-refractivity contribution in [3.8, 4) is 0 Å². The molecule has 1 aromatic carbocycles. The van der Waals surface area contributed by atoms with Crippen molar-refractivity contribution in [1.29, 1.82) is 0 Å². The molecule has 0 saturated heterocycles. The van der Waals surface area contributed by atoms with Gasteiger partial charge in [-0.05, 0) is 42.7 Å². The van der Waals surface area contributed by atoms with E-state index in [-0.39, 0.29) is 11.8 Å². The van der Waals surface area contributed by atoms with Crippen molar-refractivity contribution in [2.75, 3.05) is 7.05 Å². The number of rotatable bonds is 3. The first kappa shape index (κ1) is 13.3. The van der Waals surface area contributed by atoms with Crippen molar-refractivity contribution in [2.45, 2.75) is 25.8 Å². The van der Waals surface area contributed by atoms with Gasteiger partial charge in [0.2, 0.25) is 5.91 Å². The van der Waals surface area contributed by atoms with Crippen molar-refractivity contribution in [3.05, 3.63) is 33.8 Å². The first-order valence-electron chi connectivity index (χ1n) is 6.74. The molecule has 0 heterocycles. The number of benzene rings is 1. The van der Waals surface area contributed by atoms with Crippen molar-refractivity contribution >= 4 is 29.1 Å². The molecule has 0 aliphatic heterocycles. The second kappa shape index (κ2) is 4.99. The maximum absolute atomic E-state index is 12.4. The number of hydrogen-bond acceptors (Lipinski definition) is 1. The Bertz CT molecular complexity index is 507. The Kier molecular flexibility index (Phi) is 3.48. The fourth-order valence-electron chi connectivity index (χ4n) is 3.23. The Hall–Kier alpha value is -0.730. The normalized spacial score (nSPS) is 28.1. The van der Waals surface area contributed by atoms with Gasteiger partial charge in [0, 0.05) is 19.5 Å². The van der Waals surface area contributed by atoms with Gasteiger partial charge in [0.25, 0.3) is 0 Å². The molecule has 2 saturated carbocycles. The highest BCUT2D eigenvalue weighted by Crippen LogP contribution is 2.54. The summed E-state index contributed by atoms with van der Waals surface area (Å²) in [5.41, 5.74) is 0.910. The summed E-state index contributed by atoms with van der Waals surface area (Å²) in [4.78, 5) is 14.1. The first-order chi connectivity index (χ1) is 9.06. The van der Waals surface area contributed by atoms with E-state index in [1.54, 1.807) is 11.0 Å². The quantitative estimate of drug-likeness (QED) is 0.826. The van der Waals surface area contributed by atoms with Gasteiger partial charge in [0.1, 0.15) is 0 Å². The van der Waals surface area contributed by atoms with Crippen molar-refractivity contribution < 1.29 is 4.79 Å². The van der Waals surface area contributed by atoms with Gasteiger partial charge in [-0.3, -0.25) is 4.79 Å². The van der Waals surface area contributed by atoms with Crippen LogP contribution in [-0.2, 0) is 11.3 Å². The number of fused-ring (bicyclic) bond motifs is 1. The summed E-state index contributed by atoms with van der Waals surface area (Å²) >= 11 is 12.2. The Balaban J connectivity index is 1.65. The third kappa shape index (κ3) is 2.61. The molecule has 102 valence electrons. The zero-order valence-corrected chi connectivity index (χ0v) is 12.4. The lowest BCUT2D eigenvalue weighted by atomic mass is 10.0. The fraction of sp³-hybridized carbons (Fsp3) is 0.533. The highest BCUT2D eigenvalue weighted by Gasteiger charge is 2.48. The predicted molar refractivity (Wildman–Crippen MR) is 77.3 cm³/mol. The number of carbonyl (C=O) groups is 1. The second-order valence-corrected chi connectivity index (χ2v) is 6.62. The average molecular weight is 298 g/mol. The predicted octanol–water partition coefficient (Wildman–Crippen LogP) is 4.00. The molecular weight excluding hydrogens is 281 g/mol. The van der Waals surface area contributed by atoms with Gasteiger partial charge in [-0.1, -0.05) is 35.3 Å². The van der Waals surface area contributed by atoms with Crippen LogP contribution >= 0.6 is 23.2 Å². The standard InChI is InChI=1S/C15H17Cl2NO/c1-18(8-9-3-2-4-13(16)14(9)17)15(19)12-6-10-5-11(10)7-12/h2-4,10-12H,5-8H2,1H3. The topological polar surface area (TPSA) is 20.3 Å². The van der Waals surface area contributed by atoms with Crippen LogP contribution in [0.25, 0.3) is 0 Å². The molecule has 2 aliphatic rings. The van der Waals surface area contributed by atoms with Crippen LogP contribution in [0.4, 0.5) is 0 Å². The van der Waals surface area contributed by atoms with Gasteiger partial charge in [0.05, 0.1) is 10.0 Å². The molecule has 0 aromatic heterocycles. The molecule has 0 bridgehead atoms. The van der Waals surface area contributed by atoms with E-state index in [4.69, 9.17) is 23.2 Å². The summed E-state index contributed by atoms with van der Waals surface area (Å²) in [6.45, 7) is 0.532. The Morgan fingerprint density at radius 3 is 2.63 bits per heavy atom. The Morgan fingerprint density at radius 2 is 1.95 bits per heavy atom. The molecule has 0 radical (unpaired) electrons. The number of halogens is 2. The summed E-state index contributed by atoms with van der Waals surface area (Å²) < 4.78 is 0. The lowest BCUT2D eigenvalue weighted by Gasteiger charge is -2.22. The van der Waals surface area contributed by atoms with Gasteiger partial charge in [-0.15, -0.1) is 0 Å². The van der Waals surface area contributed by atoms with E-state index >= 15 is 0 Å². The zero-order chi connectivity index (χ0) is 13.6. The van der Waals surface area contributed by atoms with E-state index in [1.165, 1.54) is 6.42 Å². The molecule has 0 spiro atoms. The maximum Gasteiger partial charge on any atom is 0.225 e. The Labute approximate surface area is 123 Å². The smallest absolute Gasteiger partial charge is 0.225 e. The van der Waals surface area contributed by atoms with E-state index in [1.807, 2.05) is 19.2 Å². The van der Waals surface area contributed by atoms with Crippen LogP contribution in [-0.4, -0.2) is 17.9 Å². The lowest BCUT2D eigenvalue weighted by molar-refractivity contribution is -0.134. The van der Waals surface area contributed by atoms with Crippen LogP contribution in [0, 0.1) is 17.8 Å². The number of amides is 1. The third-order valence-corrected chi connectivity index (χ3v) is 5.27. The highest BCUT2D eigenvalue weighted by molar-refractivity contribution is 6.42. The minimum atomic E-state index is 0.228. The van der Waals surface area contributed by atoms with Crippen molar-refractivity contribution in [1.82, 2.24) is 4.90 Å². The largest absolute Gasteiger partial charge is 0.341 e. The summed E-state index contributed by atoms with van der Waals surface area (Å²) in [7, 11) is 1.85. The maximum atomic E-state index is 12.4. The van der Waals surface area contributed by atoms with Crippen molar-refractivity contribution in [2.24, 2.45) is 17.8 Å². The molecular formula is C15H17Cl2NO. The number of nitrogens with zero attached hydrogens (tertiary/aromatic N) is 1. The van der Waals surface area contributed by atoms with Gasteiger partial charge in [-0.25, -0.2) is 0 Å². The number of carbonyl (C=O) groups excluding carboxylic acids is 1. The second-order valence-electron chi connectivity index (χ2n) is 5.83. The molecule has 1 amide bonds. The van der Waals surface area contributed by atoms with Crippen LogP contribution < -0.4 is 0 Å². The molecule has 2 atom stereocenters. The minimum Gasteiger partial charge on any atom is -0.341 e.